The summed E-state index contributed by atoms with van der Waals surface area (Å²) in [5, 5.41) is 2.66. The van der Waals surface area contributed by atoms with Gasteiger partial charge in [-0.2, -0.15) is 0 Å². The molecule has 0 bridgehead atoms. The minimum Gasteiger partial charge on any atom is -0.493 e. The summed E-state index contributed by atoms with van der Waals surface area (Å²) in [7, 11) is 0.252. The van der Waals surface area contributed by atoms with Crippen LogP contribution in [-0.4, -0.2) is 48.8 Å². The van der Waals surface area contributed by atoms with E-state index in [1.165, 1.54) is 21.3 Å². The third-order valence-corrected chi connectivity index (χ3v) is 7.14. The summed E-state index contributed by atoms with van der Waals surface area (Å²) in [4.78, 5) is 12.7. The molecule has 0 atom stereocenters. The van der Waals surface area contributed by atoms with Crippen LogP contribution < -0.4 is 28.6 Å². The first-order valence-corrected chi connectivity index (χ1v) is 10.9. The Bertz CT molecular complexity index is 1200. The predicted molar refractivity (Wildman–Crippen MR) is 116 cm³/mol. The number of carbonyl (C=O) groups excluding carboxylic acids is 1. The Morgan fingerprint density at radius 1 is 1.03 bits per heavy atom. The van der Waals surface area contributed by atoms with Gasteiger partial charge in [-0.3, -0.25) is 9.10 Å². The minimum absolute atomic E-state index is 0.309. The number of methoxy groups -OCH3 is 2. The van der Waals surface area contributed by atoms with Gasteiger partial charge in [0.15, 0.2) is 27.9 Å². The van der Waals surface area contributed by atoms with Crippen molar-refractivity contribution in [2.75, 3.05) is 44.1 Å². The fourth-order valence-electron chi connectivity index (χ4n) is 3.61. The second-order valence-corrected chi connectivity index (χ2v) is 8.87. The van der Waals surface area contributed by atoms with Gasteiger partial charge in [-0.15, -0.1) is 0 Å². The molecule has 0 radical (unpaired) electrons. The number of carbonyl (C=O) groups is 1. The SMILES string of the molecule is COc1cc2c(cc1OC)N(C)S(=O)(=O)C(C(=O)Nc1ccc3c(c1)OCCO3)=C2C. The molecule has 0 saturated carbocycles. The standard InChI is InChI=1S/C21H22N2O7S/c1-12-14-10-17(27-3)18(28-4)11-15(14)23(2)31(25,26)20(12)21(24)22-13-5-6-16-19(9-13)30-8-7-29-16/h5-6,9-11H,7-8H2,1-4H3,(H,22,24). The summed E-state index contributed by atoms with van der Waals surface area (Å²) in [5.41, 5.74) is 1.66. The third kappa shape index (κ3) is 3.42. The van der Waals surface area contributed by atoms with Crippen molar-refractivity contribution in [2.45, 2.75) is 6.92 Å². The summed E-state index contributed by atoms with van der Waals surface area (Å²) in [5.74, 6) is 1.13. The number of amides is 1. The van der Waals surface area contributed by atoms with E-state index in [9.17, 15) is 13.2 Å². The zero-order valence-corrected chi connectivity index (χ0v) is 18.3. The van der Waals surface area contributed by atoms with E-state index in [0.717, 1.165) is 4.31 Å². The molecule has 2 heterocycles. The zero-order valence-electron chi connectivity index (χ0n) is 17.5. The maximum atomic E-state index is 13.2. The van der Waals surface area contributed by atoms with Gasteiger partial charge in [-0.1, -0.05) is 0 Å². The Labute approximate surface area is 180 Å². The molecule has 4 rings (SSSR count). The summed E-state index contributed by atoms with van der Waals surface area (Å²) < 4.78 is 49.1. The summed E-state index contributed by atoms with van der Waals surface area (Å²) in [6.07, 6.45) is 0. The van der Waals surface area contributed by atoms with Gasteiger partial charge in [0.05, 0.1) is 19.9 Å². The quantitative estimate of drug-likeness (QED) is 0.770. The maximum Gasteiger partial charge on any atom is 0.269 e. The van der Waals surface area contributed by atoms with Gasteiger partial charge in [0.25, 0.3) is 15.9 Å². The van der Waals surface area contributed by atoms with Crippen LogP contribution >= 0.6 is 0 Å². The topological polar surface area (TPSA) is 103 Å². The molecule has 0 aliphatic carbocycles. The first-order valence-electron chi connectivity index (χ1n) is 9.45. The maximum absolute atomic E-state index is 13.2. The number of sulfonamides is 1. The number of rotatable bonds is 4. The van der Waals surface area contributed by atoms with E-state index >= 15 is 0 Å². The molecule has 0 unspecified atom stereocenters. The summed E-state index contributed by atoms with van der Waals surface area (Å²) in [6, 6.07) is 8.13. The average Bonchev–Trinajstić information content (AvgIpc) is 2.76. The van der Waals surface area contributed by atoms with E-state index < -0.39 is 15.9 Å². The molecule has 2 aromatic rings. The van der Waals surface area contributed by atoms with Gasteiger partial charge in [-0.25, -0.2) is 8.42 Å². The Hall–Kier alpha value is -3.40. The smallest absolute Gasteiger partial charge is 0.269 e. The molecule has 9 nitrogen and oxygen atoms in total. The lowest BCUT2D eigenvalue weighted by atomic mass is 10.0. The number of fused-ring (bicyclic) bond motifs is 2. The molecule has 164 valence electrons. The minimum atomic E-state index is -4.10. The van der Waals surface area contributed by atoms with E-state index in [-0.39, 0.29) is 4.91 Å². The van der Waals surface area contributed by atoms with Crippen LogP contribution in [0.4, 0.5) is 11.4 Å². The van der Waals surface area contributed by atoms with Crippen molar-refractivity contribution in [3.8, 4) is 23.0 Å². The van der Waals surface area contributed by atoms with Crippen LogP contribution in [0.3, 0.4) is 0 Å². The monoisotopic (exact) mass is 446 g/mol. The zero-order chi connectivity index (χ0) is 22.3. The Morgan fingerprint density at radius 2 is 1.68 bits per heavy atom. The lowest BCUT2D eigenvalue weighted by Gasteiger charge is -2.30. The number of nitrogens with one attached hydrogen (secondary N) is 1. The average molecular weight is 446 g/mol. The normalized spacial score (nSPS) is 16.5. The first-order chi connectivity index (χ1) is 14.8. The number of allylic oxidation sites excluding steroid dienone is 1. The van der Waals surface area contributed by atoms with Crippen molar-refractivity contribution in [3.63, 3.8) is 0 Å². The first kappa shape index (κ1) is 20.9. The number of anilines is 2. The molecular weight excluding hydrogens is 424 g/mol. The molecule has 2 aliphatic heterocycles. The molecule has 1 amide bonds. The van der Waals surface area contributed by atoms with Gasteiger partial charge in [-0.05, 0) is 30.7 Å². The Kier molecular flexibility index (Phi) is 5.18. The molecule has 10 heteroatoms. The third-order valence-electron chi connectivity index (χ3n) is 5.21. The molecular formula is C21H22N2O7S. The number of hydrogen-bond donors (Lipinski definition) is 1. The number of hydrogen-bond acceptors (Lipinski definition) is 7. The van der Waals surface area contributed by atoms with E-state index in [2.05, 4.69) is 5.32 Å². The van der Waals surface area contributed by atoms with Crippen LogP contribution in [0.2, 0.25) is 0 Å². The second kappa shape index (κ2) is 7.69. The van der Waals surface area contributed by atoms with Crippen LogP contribution in [0.1, 0.15) is 12.5 Å². The fourth-order valence-corrected chi connectivity index (χ4v) is 5.07. The fraction of sp³-hybridized carbons (Fsp3) is 0.286. The van der Waals surface area contributed by atoms with Gasteiger partial charge >= 0.3 is 0 Å². The predicted octanol–water partition coefficient (Wildman–Crippen LogP) is 2.62. The molecule has 0 spiro atoms. The highest BCUT2D eigenvalue weighted by atomic mass is 32.2. The molecule has 1 N–H and O–H groups in total. The van der Waals surface area contributed by atoms with Crippen molar-refractivity contribution in [1.82, 2.24) is 0 Å². The molecule has 0 fully saturated rings. The van der Waals surface area contributed by atoms with E-state index in [0.29, 0.717) is 58.7 Å². The summed E-state index contributed by atoms with van der Waals surface area (Å²) >= 11 is 0. The van der Waals surface area contributed by atoms with E-state index in [1.54, 1.807) is 37.3 Å². The highest BCUT2D eigenvalue weighted by Gasteiger charge is 2.38. The van der Waals surface area contributed by atoms with Crippen LogP contribution in [0.25, 0.3) is 5.57 Å². The Morgan fingerprint density at radius 3 is 2.35 bits per heavy atom. The van der Waals surface area contributed by atoms with Gasteiger partial charge < -0.3 is 24.3 Å². The molecule has 31 heavy (non-hydrogen) atoms. The van der Waals surface area contributed by atoms with Crippen LogP contribution in [0.15, 0.2) is 35.2 Å². The van der Waals surface area contributed by atoms with Crippen molar-refractivity contribution in [2.24, 2.45) is 0 Å². The van der Waals surface area contributed by atoms with Crippen LogP contribution in [0.5, 0.6) is 23.0 Å². The van der Waals surface area contributed by atoms with Crippen molar-refractivity contribution in [3.05, 3.63) is 40.8 Å². The van der Waals surface area contributed by atoms with E-state index in [1.807, 2.05) is 0 Å². The molecule has 0 saturated heterocycles. The highest BCUT2D eigenvalue weighted by molar-refractivity contribution is 7.97. The number of benzene rings is 2. The Balaban J connectivity index is 1.77. The lowest BCUT2D eigenvalue weighted by Crippen LogP contribution is -2.36. The number of ether oxygens (including phenoxy) is 4. The second-order valence-electron chi connectivity index (χ2n) is 6.96. The lowest BCUT2D eigenvalue weighted by molar-refractivity contribution is -0.112. The van der Waals surface area contributed by atoms with Crippen LogP contribution in [0, 0.1) is 0 Å². The van der Waals surface area contributed by atoms with Crippen molar-refractivity contribution < 1.29 is 32.2 Å². The highest BCUT2D eigenvalue weighted by Crippen LogP contribution is 2.44. The number of nitrogens with zero attached hydrogens (tertiary/aromatic N) is 1. The largest absolute Gasteiger partial charge is 0.493 e. The van der Waals surface area contributed by atoms with Crippen molar-refractivity contribution in [1.29, 1.82) is 0 Å². The molecule has 2 aliphatic rings. The van der Waals surface area contributed by atoms with Crippen LogP contribution in [-0.2, 0) is 14.8 Å². The molecule has 0 aromatic heterocycles. The van der Waals surface area contributed by atoms with Crippen molar-refractivity contribution >= 4 is 32.9 Å². The molecule has 2 aromatic carbocycles. The van der Waals surface area contributed by atoms with E-state index in [4.69, 9.17) is 18.9 Å². The van der Waals surface area contributed by atoms with Gasteiger partial charge in [0.1, 0.15) is 13.2 Å². The summed E-state index contributed by atoms with van der Waals surface area (Å²) in [6.45, 7) is 2.44. The van der Waals surface area contributed by atoms with Gasteiger partial charge in [0.2, 0.25) is 0 Å². The van der Waals surface area contributed by atoms with Gasteiger partial charge in [0, 0.05) is 30.4 Å².